The maximum atomic E-state index is 5.82. The number of aromatic nitrogens is 2. The van der Waals surface area contributed by atoms with Crippen molar-refractivity contribution >= 4 is 34.7 Å². The first-order valence-electron chi connectivity index (χ1n) is 4.11. The standard InChI is InChI=1S/C9H6Cl2N2OS/c10-6-1-3-7(4-2-6)14-5-8-9(11)15-13-12-8/h1-4H,5H2. The van der Waals surface area contributed by atoms with Crippen LogP contribution >= 0.6 is 34.7 Å². The van der Waals surface area contributed by atoms with Crippen molar-refractivity contribution in [1.29, 1.82) is 0 Å². The normalized spacial score (nSPS) is 10.3. The van der Waals surface area contributed by atoms with Crippen LogP contribution in [0, 0.1) is 0 Å². The first-order valence-corrected chi connectivity index (χ1v) is 5.64. The molecule has 2 rings (SSSR count). The average Bonchev–Trinajstić information content (AvgIpc) is 2.63. The molecule has 6 heteroatoms. The molecule has 0 N–H and O–H groups in total. The van der Waals surface area contributed by atoms with Crippen LogP contribution in [0.3, 0.4) is 0 Å². The van der Waals surface area contributed by atoms with Gasteiger partial charge in [0.25, 0.3) is 0 Å². The van der Waals surface area contributed by atoms with Crippen LogP contribution in [-0.4, -0.2) is 9.59 Å². The molecular weight excluding hydrogens is 255 g/mol. The fraction of sp³-hybridized carbons (Fsp3) is 0.111. The van der Waals surface area contributed by atoms with Gasteiger partial charge in [-0.1, -0.05) is 27.7 Å². The third-order valence-electron chi connectivity index (χ3n) is 1.70. The fourth-order valence-electron chi connectivity index (χ4n) is 0.966. The Labute approximate surface area is 101 Å². The minimum absolute atomic E-state index is 0.316. The minimum atomic E-state index is 0.316. The number of hydrogen-bond acceptors (Lipinski definition) is 4. The van der Waals surface area contributed by atoms with Crippen molar-refractivity contribution in [2.45, 2.75) is 6.61 Å². The van der Waals surface area contributed by atoms with E-state index in [-0.39, 0.29) is 0 Å². The fourth-order valence-corrected chi connectivity index (χ4v) is 1.69. The Bertz CT molecular complexity index is 444. The summed E-state index contributed by atoms with van der Waals surface area (Å²) in [6.07, 6.45) is 0. The van der Waals surface area contributed by atoms with Crippen molar-refractivity contribution in [3.05, 3.63) is 39.3 Å². The summed E-state index contributed by atoms with van der Waals surface area (Å²) in [6.45, 7) is 0.316. The van der Waals surface area contributed by atoms with Crippen LogP contribution in [0.5, 0.6) is 5.75 Å². The molecule has 0 saturated carbocycles. The van der Waals surface area contributed by atoms with E-state index in [0.29, 0.717) is 21.7 Å². The van der Waals surface area contributed by atoms with Gasteiger partial charge in [-0.3, -0.25) is 0 Å². The zero-order valence-corrected chi connectivity index (χ0v) is 9.81. The third kappa shape index (κ3) is 2.81. The minimum Gasteiger partial charge on any atom is -0.487 e. The van der Waals surface area contributed by atoms with Gasteiger partial charge in [-0.15, -0.1) is 5.10 Å². The van der Waals surface area contributed by atoms with E-state index in [9.17, 15) is 0 Å². The van der Waals surface area contributed by atoms with Gasteiger partial charge in [-0.2, -0.15) is 0 Å². The van der Waals surface area contributed by atoms with Crippen LogP contribution in [-0.2, 0) is 6.61 Å². The van der Waals surface area contributed by atoms with Crippen LogP contribution < -0.4 is 4.74 Å². The zero-order chi connectivity index (χ0) is 10.7. The molecule has 0 unspecified atom stereocenters. The molecule has 0 amide bonds. The molecular formula is C9H6Cl2N2OS. The summed E-state index contributed by atoms with van der Waals surface area (Å²) in [6, 6.07) is 7.10. The van der Waals surface area contributed by atoms with Crippen molar-refractivity contribution in [1.82, 2.24) is 9.59 Å². The second-order valence-corrected chi connectivity index (χ2v) is 4.53. The first kappa shape index (κ1) is 10.7. The SMILES string of the molecule is Clc1ccc(OCc2nnsc2Cl)cc1. The largest absolute Gasteiger partial charge is 0.487 e. The van der Waals surface area contributed by atoms with E-state index >= 15 is 0 Å². The topological polar surface area (TPSA) is 35.0 Å². The predicted molar refractivity (Wildman–Crippen MR) is 60.7 cm³/mol. The number of benzene rings is 1. The number of ether oxygens (including phenoxy) is 1. The molecule has 15 heavy (non-hydrogen) atoms. The van der Waals surface area contributed by atoms with Crippen LogP contribution in [0.25, 0.3) is 0 Å². The van der Waals surface area contributed by atoms with Gasteiger partial charge in [0, 0.05) is 16.6 Å². The molecule has 1 aromatic carbocycles. The van der Waals surface area contributed by atoms with Crippen LogP contribution in [0.15, 0.2) is 24.3 Å². The van der Waals surface area contributed by atoms with Crippen LogP contribution in [0.2, 0.25) is 9.36 Å². The molecule has 0 aliphatic carbocycles. The van der Waals surface area contributed by atoms with E-state index in [1.807, 2.05) is 0 Å². The summed E-state index contributed by atoms with van der Waals surface area (Å²) in [5, 5.41) is 4.51. The summed E-state index contributed by atoms with van der Waals surface area (Å²) < 4.78 is 9.71. The summed E-state index contributed by atoms with van der Waals surface area (Å²) in [5.74, 6) is 0.725. The van der Waals surface area contributed by atoms with E-state index in [1.54, 1.807) is 24.3 Å². The third-order valence-corrected chi connectivity index (χ3v) is 2.93. The lowest BCUT2D eigenvalue weighted by molar-refractivity contribution is 0.301. The van der Waals surface area contributed by atoms with E-state index in [0.717, 1.165) is 17.3 Å². The Morgan fingerprint density at radius 3 is 2.53 bits per heavy atom. The van der Waals surface area contributed by atoms with Crippen molar-refractivity contribution in [3.63, 3.8) is 0 Å². The Kier molecular flexibility index (Phi) is 3.41. The van der Waals surface area contributed by atoms with Gasteiger partial charge in [-0.25, -0.2) is 0 Å². The lowest BCUT2D eigenvalue weighted by Gasteiger charge is -2.03. The molecule has 1 heterocycles. The number of hydrogen-bond donors (Lipinski definition) is 0. The Morgan fingerprint density at radius 2 is 1.93 bits per heavy atom. The number of halogens is 2. The molecule has 0 fully saturated rings. The number of rotatable bonds is 3. The summed E-state index contributed by atoms with van der Waals surface area (Å²) in [5.41, 5.74) is 0.650. The molecule has 0 aliphatic rings. The Balaban J connectivity index is 1.99. The molecule has 0 saturated heterocycles. The van der Waals surface area contributed by atoms with E-state index in [2.05, 4.69) is 9.59 Å². The number of nitrogens with zero attached hydrogens (tertiary/aromatic N) is 2. The van der Waals surface area contributed by atoms with Gasteiger partial charge in [-0.05, 0) is 24.3 Å². The van der Waals surface area contributed by atoms with Crippen LogP contribution in [0.1, 0.15) is 5.69 Å². The van der Waals surface area contributed by atoms with E-state index in [4.69, 9.17) is 27.9 Å². The van der Waals surface area contributed by atoms with Crippen molar-refractivity contribution < 1.29 is 4.74 Å². The highest BCUT2D eigenvalue weighted by molar-refractivity contribution is 7.10. The molecule has 2 aromatic rings. The van der Waals surface area contributed by atoms with Crippen molar-refractivity contribution in [2.24, 2.45) is 0 Å². The lowest BCUT2D eigenvalue weighted by Crippen LogP contribution is -1.96. The zero-order valence-electron chi connectivity index (χ0n) is 7.48. The first-order chi connectivity index (χ1) is 7.25. The highest BCUT2D eigenvalue weighted by atomic mass is 35.5. The van der Waals surface area contributed by atoms with Gasteiger partial charge < -0.3 is 4.74 Å². The van der Waals surface area contributed by atoms with Crippen molar-refractivity contribution in [2.75, 3.05) is 0 Å². The van der Waals surface area contributed by atoms with Gasteiger partial charge in [0.1, 0.15) is 22.4 Å². The second-order valence-electron chi connectivity index (χ2n) is 2.74. The van der Waals surface area contributed by atoms with Gasteiger partial charge in [0.2, 0.25) is 0 Å². The molecule has 3 nitrogen and oxygen atoms in total. The molecule has 0 aliphatic heterocycles. The van der Waals surface area contributed by atoms with E-state index in [1.165, 1.54) is 0 Å². The summed E-state index contributed by atoms with van der Waals surface area (Å²) >= 11 is 12.7. The summed E-state index contributed by atoms with van der Waals surface area (Å²) in [7, 11) is 0. The molecule has 0 bridgehead atoms. The molecule has 78 valence electrons. The maximum absolute atomic E-state index is 5.82. The van der Waals surface area contributed by atoms with Gasteiger partial charge in [0.05, 0.1) is 0 Å². The van der Waals surface area contributed by atoms with Gasteiger partial charge >= 0.3 is 0 Å². The van der Waals surface area contributed by atoms with Crippen LogP contribution in [0.4, 0.5) is 0 Å². The summed E-state index contributed by atoms with van der Waals surface area (Å²) in [4.78, 5) is 0. The lowest BCUT2D eigenvalue weighted by atomic mass is 10.3. The van der Waals surface area contributed by atoms with E-state index < -0.39 is 0 Å². The predicted octanol–water partition coefficient (Wildman–Crippen LogP) is 3.42. The second kappa shape index (κ2) is 4.79. The highest BCUT2D eigenvalue weighted by Crippen LogP contribution is 2.20. The monoisotopic (exact) mass is 260 g/mol. The Morgan fingerprint density at radius 1 is 1.20 bits per heavy atom. The molecule has 0 radical (unpaired) electrons. The van der Waals surface area contributed by atoms with Crippen molar-refractivity contribution in [3.8, 4) is 5.75 Å². The smallest absolute Gasteiger partial charge is 0.141 e. The quantitative estimate of drug-likeness (QED) is 0.849. The molecule has 0 spiro atoms. The molecule has 0 atom stereocenters. The molecule has 1 aromatic heterocycles. The highest BCUT2D eigenvalue weighted by Gasteiger charge is 2.05. The Hall–Kier alpha value is -0.840. The maximum Gasteiger partial charge on any atom is 0.141 e. The average molecular weight is 261 g/mol. The van der Waals surface area contributed by atoms with Gasteiger partial charge in [0.15, 0.2) is 0 Å².